The van der Waals surface area contributed by atoms with Crippen LogP contribution in [-0.2, 0) is 11.3 Å². The van der Waals surface area contributed by atoms with Crippen LogP contribution in [0.25, 0.3) is 0 Å². The van der Waals surface area contributed by atoms with E-state index in [0.717, 1.165) is 43.3 Å². The van der Waals surface area contributed by atoms with Crippen LogP contribution >= 0.6 is 0 Å². The van der Waals surface area contributed by atoms with E-state index in [2.05, 4.69) is 20.2 Å². The molecule has 0 atom stereocenters. The molecule has 1 N–H and O–H groups in total. The first-order valence-corrected chi connectivity index (χ1v) is 8.09. The van der Waals surface area contributed by atoms with Crippen molar-refractivity contribution in [1.82, 2.24) is 15.3 Å². The number of nitrogens with zero attached hydrogens (tertiary/aromatic N) is 3. The van der Waals surface area contributed by atoms with E-state index in [4.69, 9.17) is 0 Å². The summed E-state index contributed by atoms with van der Waals surface area (Å²) in [5.41, 5.74) is 1.88. The molecule has 1 aliphatic heterocycles. The Morgan fingerprint density at radius 2 is 1.95 bits per heavy atom. The van der Waals surface area contributed by atoms with Crippen LogP contribution in [0.3, 0.4) is 0 Å². The number of amides is 1. The minimum atomic E-state index is 0.187. The number of nitrogens with one attached hydrogen (secondary N) is 1. The standard InChI is InChI=1S/C16H24N4O/c1-12-10-14(11-17-15(21)13-6-2-3-7-13)19-16(18-12)20-8-4-5-9-20/h10,13H,2-9,11H2,1H3,(H,17,21). The van der Waals surface area contributed by atoms with Crippen molar-refractivity contribution < 1.29 is 4.79 Å². The molecule has 2 aliphatic rings. The predicted octanol–water partition coefficient (Wildman–Crippen LogP) is 2.19. The fraction of sp³-hybridized carbons (Fsp3) is 0.688. The molecular weight excluding hydrogens is 264 g/mol. The summed E-state index contributed by atoms with van der Waals surface area (Å²) in [5, 5.41) is 3.04. The lowest BCUT2D eigenvalue weighted by molar-refractivity contribution is -0.124. The van der Waals surface area contributed by atoms with Gasteiger partial charge in [-0.05, 0) is 38.7 Å². The maximum Gasteiger partial charge on any atom is 0.225 e. The van der Waals surface area contributed by atoms with Crippen molar-refractivity contribution in [2.24, 2.45) is 5.92 Å². The van der Waals surface area contributed by atoms with E-state index in [-0.39, 0.29) is 11.8 Å². The fourth-order valence-corrected chi connectivity index (χ4v) is 3.28. The maximum absolute atomic E-state index is 12.1. The van der Waals surface area contributed by atoms with E-state index in [0.29, 0.717) is 6.54 Å². The van der Waals surface area contributed by atoms with Crippen LogP contribution in [0.1, 0.15) is 49.9 Å². The number of carbonyl (C=O) groups is 1. The second-order valence-electron chi connectivity index (χ2n) is 6.19. The Bertz CT molecular complexity index is 505. The molecule has 0 unspecified atom stereocenters. The lowest BCUT2D eigenvalue weighted by atomic mass is 10.1. The summed E-state index contributed by atoms with van der Waals surface area (Å²) >= 11 is 0. The van der Waals surface area contributed by atoms with E-state index in [1.54, 1.807) is 0 Å². The summed E-state index contributed by atoms with van der Waals surface area (Å²) in [7, 11) is 0. The number of hydrogen-bond donors (Lipinski definition) is 1. The molecule has 2 fully saturated rings. The Kier molecular flexibility index (Phi) is 4.36. The lowest BCUT2D eigenvalue weighted by Crippen LogP contribution is -2.29. The molecule has 2 heterocycles. The van der Waals surface area contributed by atoms with Gasteiger partial charge in [0.05, 0.1) is 12.2 Å². The largest absolute Gasteiger partial charge is 0.350 e. The molecular formula is C16H24N4O. The highest BCUT2D eigenvalue weighted by Crippen LogP contribution is 2.24. The molecule has 1 aromatic heterocycles. The lowest BCUT2D eigenvalue weighted by Gasteiger charge is -2.17. The number of hydrogen-bond acceptors (Lipinski definition) is 4. The molecule has 0 aromatic carbocycles. The third-order valence-electron chi connectivity index (χ3n) is 4.45. The van der Waals surface area contributed by atoms with Gasteiger partial charge >= 0.3 is 0 Å². The third kappa shape index (κ3) is 3.52. The van der Waals surface area contributed by atoms with Crippen molar-refractivity contribution in [2.75, 3.05) is 18.0 Å². The highest BCUT2D eigenvalue weighted by atomic mass is 16.1. The normalized spacial score (nSPS) is 19.2. The molecule has 1 aromatic rings. The first-order chi connectivity index (χ1) is 10.2. The van der Waals surface area contributed by atoms with E-state index in [1.165, 1.54) is 25.7 Å². The van der Waals surface area contributed by atoms with Gasteiger partial charge in [-0.3, -0.25) is 4.79 Å². The van der Waals surface area contributed by atoms with Crippen LogP contribution in [0.2, 0.25) is 0 Å². The van der Waals surface area contributed by atoms with Gasteiger partial charge in [0.15, 0.2) is 0 Å². The van der Waals surface area contributed by atoms with Gasteiger partial charge < -0.3 is 10.2 Å². The first kappa shape index (κ1) is 14.3. The van der Waals surface area contributed by atoms with Gasteiger partial charge in [0.25, 0.3) is 0 Å². The Balaban J connectivity index is 1.63. The van der Waals surface area contributed by atoms with E-state index in [1.807, 2.05) is 13.0 Å². The Morgan fingerprint density at radius 1 is 1.24 bits per heavy atom. The summed E-state index contributed by atoms with van der Waals surface area (Å²) in [6, 6.07) is 1.97. The van der Waals surface area contributed by atoms with Crippen molar-refractivity contribution in [3.05, 3.63) is 17.5 Å². The average molecular weight is 288 g/mol. The van der Waals surface area contributed by atoms with Gasteiger partial charge in [0.2, 0.25) is 11.9 Å². The van der Waals surface area contributed by atoms with Gasteiger partial charge in [-0.2, -0.15) is 0 Å². The zero-order valence-electron chi connectivity index (χ0n) is 12.8. The molecule has 21 heavy (non-hydrogen) atoms. The number of carbonyl (C=O) groups excluding carboxylic acids is 1. The van der Waals surface area contributed by atoms with Gasteiger partial charge in [-0.1, -0.05) is 12.8 Å². The smallest absolute Gasteiger partial charge is 0.225 e. The van der Waals surface area contributed by atoms with Crippen LogP contribution in [0.15, 0.2) is 6.07 Å². The number of aromatic nitrogens is 2. The van der Waals surface area contributed by atoms with E-state index < -0.39 is 0 Å². The molecule has 1 aliphatic carbocycles. The number of anilines is 1. The zero-order chi connectivity index (χ0) is 14.7. The first-order valence-electron chi connectivity index (χ1n) is 8.09. The zero-order valence-corrected chi connectivity index (χ0v) is 12.8. The maximum atomic E-state index is 12.1. The quantitative estimate of drug-likeness (QED) is 0.922. The minimum Gasteiger partial charge on any atom is -0.350 e. The van der Waals surface area contributed by atoms with Crippen molar-refractivity contribution in [2.45, 2.75) is 52.0 Å². The topological polar surface area (TPSA) is 58.1 Å². The molecule has 0 spiro atoms. The second-order valence-corrected chi connectivity index (χ2v) is 6.19. The average Bonchev–Trinajstić information content (AvgIpc) is 3.16. The van der Waals surface area contributed by atoms with Crippen LogP contribution in [0.4, 0.5) is 5.95 Å². The molecule has 1 saturated heterocycles. The van der Waals surface area contributed by atoms with Crippen LogP contribution < -0.4 is 10.2 Å². The fourth-order valence-electron chi connectivity index (χ4n) is 3.28. The molecule has 5 heteroatoms. The summed E-state index contributed by atoms with van der Waals surface area (Å²) in [6.07, 6.45) is 6.87. The Labute approximate surface area is 126 Å². The summed E-state index contributed by atoms with van der Waals surface area (Å²) in [5.74, 6) is 1.22. The summed E-state index contributed by atoms with van der Waals surface area (Å²) in [6.45, 7) is 4.58. The Hall–Kier alpha value is -1.65. The molecule has 0 radical (unpaired) electrons. The molecule has 1 amide bonds. The molecule has 1 saturated carbocycles. The molecule has 0 bridgehead atoms. The predicted molar refractivity (Wildman–Crippen MR) is 82.0 cm³/mol. The van der Waals surface area contributed by atoms with Gasteiger partial charge in [0, 0.05) is 24.7 Å². The number of rotatable bonds is 4. The van der Waals surface area contributed by atoms with Gasteiger partial charge in [-0.25, -0.2) is 9.97 Å². The minimum absolute atomic E-state index is 0.187. The number of aryl methyl sites for hydroxylation is 1. The Morgan fingerprint density at radius 3 is 2.67 bits per heavy atom. The highest BCUT2D eigenvalue weighted by molar-refractivity contribution is 5.78. The molecule has 3 rings (SSSR count). The van der Waals surface area contributed by atoms with Crippen LogP contribution in [0.5, 0.6) is 0 Å². The van der Waals surface area contributed by atoms with Gasteiger partial charge in [-0.15, -0.1) is 0 Å². The molecule has 5 nitrogen and oxygen atoms in total. The monoisotopic (exact) mass is 288 g/mol. The second kappa shape index (κ2) is 6.41. The molecule has 114 valence electrons. The van der Waals surface area contributed by atoms with Gasteiger partial charge in [0.1, 0.15) is 0 Å². The van der Waals surface area contributed by atoms with Crippen molar-refractivity contribution in [3.8, 4) is 0 Å². The third-order valence-corrected chi connectivity index (χ3v) is 4.45. The van der Waals surface area contributed by atoms with E-state index in [9.17, 15) is 4.79 Å². The van der Waals surface area contributed by atoms with E-state index >= 15 is 0 Å². The van der Waals surface area contributed by atoms with Crippen LogP contribution in [-0.4, -0.2) is 29.0 Å². The summed E-state index contributed by atoms with van der Waals surface area (Å²) in [4.78, 5) is 23.4. The SMILES string of the molecule is Cc1cc(CNC(=O)C2CCCC2)nc(N2CCCC2)n1. The van der Waals surface area contributed by atoms with Crippen molar-refractivity contribution in [1.29, 1.82) is 0 Å². The summed E-state index contributed by atoms with van der Waals surface area (Å²) < 4.78 is 0. The highest BCUT2D eigenvalue weighted by Gasteiger charge is 2.22. The van der Waals surface area contributed by atoms with Crippen molar-refractivity contribution in [3.63, 3.8) is 0 Å². The van der Waals surface area contributed by atoms with Crippen molar-refractivity contribution >= 4 is 11.9 Å². The van der Waals surface area contributed by atoms with Crippen LogP contribution in [0, 0.1) is 12.8 Å².